The summed E-state index contributed by atoms with van der Waals surface area (Å²) >= 11 is 4.82. The average molecular weight is 368 g/mol. The number of halogens is 3. The van der Waals surface area contributed by atoms with Crippen molar-refractivity contribution in [2.75, 3.05) is 0 Å². The third-order valence-corrected chi connectivity index (χ3v) is 4.95. The summed E-state index contributed by atoms with van der Waals surface area (Å²) in [5, 5.41) is 0.853. The maximum absolute atomic E-state index is 13.4. The zero-order valence-electron chi connectivity index (χ0n) is 10.9. The Labute approximate surface area is 133 Å². The summed E-state index contributed by atoms with van der Waals surface area (Å²) in [4.78, 5) is 0.969. The van der Waals surface area contributed by atoms with Crippen molar-refractivity contribution in [2.24, 2.45) is 5.73 Å². The fourth-order valence-corrected chi connectivity index (χ4v) is 3.86. The monoisotopic (exact) mass is 367 g/mol. The SMILES string of the molecule is NC(Cc1cc(F)cc(Br)c1)c1cc2cc(F)ccc2s1. The van der Waals surface area contributed by atoms with E-state index in [1.807, 2.05) is 12.1 Å². The fraction of sp³-hybridized carbons (Fsp3) is 0.125. The molecule has 0 amide bonds. The number of thiophene rings is 1. The number of fused-ring (bicyclic) bond motifs is 1. The van der Waals surface area contributed by atoms with Crippen molar-refractivity contribution in [1.82, 2.24) is 0 Å². The van der Waals surface area contributed by atoms with Crippen LogP contribution in [0.15, 0.2) is 46.9 Å². The lowest BCUT2D eigenvalue weighted by Gasteiger charge is -2.10. The molecule has 5 heteroatoms. The van der Waals surface area contributed by atoms with Crippen molar-refractivity contribution in [2.45, 2.75) is 12.5 Å². The number of rotatable bonds is 3. The van der Waals surface area contributed by atoms with Crippen LogP contribution in [0.5, 0.6) is 0 Å². The zero-order valence-corrected chi connectivity index (χ0v) is 13.3. The molecule has 0 fully saturated rings. The molecule has 3 rings (SSSR count). The predicted molar refractivity (Wildman–Crippen MR) is 86.5 cm³/mol. The molecule has 2 aromatic carbocycles. The van der Waals surface area contributed by atoms with Gasteiger partial charge in [-0.3, -0.25) is 0 Å². The van der Waals surface area contributed by atoms with Gasteiger partial charge in [-0.25, -0.2) is 8.78 Å². The second kappa shape index (κ2) is 5.83. The van der Waals surface area contributed by atoms with Gasteiger partial charge in [-0.2, -0.15) is 0 Å². The van der Waals surface area contributed by atoms with E-state index in [0.717, 1.165) is 20.5 Å². The molecular weight excluding hydrogens is 356 g/mol. The first-order valence-electron chi connectivity index (χ1n) is 6.41. The molecule has 1 unspecified atom stereocenters. The number of hydrogen-bond acceptors (Lipinski definition) is 2. The Hall–Kier alpha value is -1.30. The maximum Gasteiger partial charge on any atom is 0.124 e. The molecule has 0 bridgehead atoms. The van der Waals surface area contributed by atoms with Gasteiger partial charge in [0.15, 0.2) is 0 Å². The molecule has 21 heavy (non-hydrogen) atoms. The standard InChI is InChI=1S/C16H12BrF2NS/c17-11-3-9(4-13(19)8-11)5-14(20)16-7-10-6-12(18)1-2-15(10)21-16/h1-4,6-8,14H,5,20H2. The van der Waals surface area contributed by atoms with Gasteiger partial charge in [-0.1, -0.05) is 15.9 Å². The van der Waals surface area contributed by atoms with Crippen LogP contribution in [0.25, 0.3) is 10.1 Å². The molecule has 1 atom stereocenters. The summed E-state index contributed by atoms with van der Waals surface area (Å²) in [6.45, 7) is 0. The molecule has 0 spiro atoms. The third kappa shape index (κ3) is 3.31. The highest BCUT2D eigenvalue weighted by Crippen LogP contribution is 2.31. The van der Waals surface area contributed by atoms with Gasteiger partial charge in [0.25, 0.3) is 0 Å². The highest BCUT2D eigenvalue weighted by atomic mass is 79.9. The largest absolute Gasteiger partial charge is 0.323 e. The number of nitrogens with two attached hydrogens (primary N) is 1. The summed E-state index contributed by atoms with van der Waals surface area (Å²) in [7, 11) is 0. The van der Waals surface area contributed by atoms with E-state index in [1.54, 1.807) is 17.4 Å². The zero-order chi connectivity index (χ0) is 15.0. The molecule has 0 aliphatic carbocycles. The minimum absolute atomic E-state index is 0.237. The molecule has 1 nitrogen and oxygen atoms in total. The molecule has 0 aliphatic rings. The van der Waals surface area contributed by atoms with Crippen molar-refractivity contribution in [3.05, 3.63) is 69.0 Å². The van der Waals surface area contributed by atoms with E-state index < -0.39 is 0 Å². The molecule has 0 radical (unpaired) electrons. The van der Waals surface area contributed by atoms with E-state index in [-0.39, 0.29) is 17.7 Å². The van der Waals surface area contributed by atoms with Crippen LogP contribution in [0.1, 0.15) is 16.5 Å². The van der Waals surface area contributed by atoms with Crippen LogP contribution in [0.3, 0.4) is 0 Å². The Morgan fingerprint density at radius 3 is 2.62 bits per heavy atom. The van der Waals surface area contributed by atoms with Crippen LogP contribution < -0.4 is 5.73 Å². The van der Waals surface area contributed by atoms with E-state index in [9.17, 15) is 8.78 Å². The quantitative estimate of drug-likeness (QED) is 0.677. The van der Waals surface area contributed by atoms with Crippen molar-refractivity contribution in [3.8, 4) is 0 Å². The van der Waals surface area contributed by atoms with E-state index in [1.165, 1.54) is 24.3 Å². The van der Waals surface area contributed by atoms with Gasteiger partial charge >= 0.3 is 0 Å². The number of benzene rings is 2. The van der Waals surface area contributed by atoms with Crippen molar-refractivity contribution >= 4 is 37.4 Å². The minimum atomic E-state index is -0.287. The Morgan fingerprint density at radius 2 is 1.86 bits per heavy atom. The smallest absolute Gasteiger partial charge is 0.124 e. The summed E-state index contributed by atoms with van der Waals surface area (Å²) in [6.07, 6.45) is 0.533. The van der Waals surface area contributed by atoms with E-state index in [4.69, 9.17) is 5.73 Å². The minimum Gasteiger partial charge on any atom is -0.323 e. The van der Waals surface area contributed by atoms with Crippen molar-refractivity contribution in [3.63, 3.8) is 0 Å². The molecular formula is C16H12BrF2NS. The average Bonchev–Trinajstić information content (AvgIpc) is 2.80. The topological polar surface area (TPSA) is 26.0 Å². The molecule has 1 aromatic heterocycles. The van der Waals surface area contributed by atoms with Crippen LogP contribution in [0, 0.1) is 11.6 Å². The normalized spacial score (nSPS) is 12.8. The Balaban J connectivity index is 1.87. The molecule has 3 aromatic rings. The third-order valence-electron chi connectivity index (χ3n) is 3.24. The second-order valence-corrected chi connectivity index (χ2v) is 6.95. The van der Waals surface area contributed by atoms with Crippen LogP contribution >= 0.6 is 27.3 Å². The number of hydrogen-bond donors (Lipinski definition) is 1. The second-order valence-electron chi connectivity index (χ2n) is 4.92. The van der Waals surface area contributed by atoms with E-state index >= 15 is 0 Å². The first kappa shape index (κ1) is 14.6. The van der Waals surface area contributed by atoms with E-state index in [2.05, 4.69) is 15.9 Å². The summed E-state index contributed by atoms with van der Waals surface area (Å²) < 4.78 is 28.3. The van der Waals surface area contributed by atoms with E-state index in [0.29, 0.717) is 10.9 Å². The first-order chi connectivity index (χ1) is 10.0. The van der Waals surface area contributed by atoms with Crippen molar-refractivity contribution < 1.29 is 8.78 Å². The van der Waals surface area contributed by atoms with Crippen LogP contribution in [-0.2, 0) is 6.42 Å². The molecule has 1 heterocycles. The fourth-order valence-electron chi connectivity index (χ4n) is 2.30. The summed E-state index contributed by atoms with van der Waals surface area (Å²) in [6, 6.07) is 11.1. The van der Waals surface area contributed by atoms with Gasteiger partial charge in [0.1, 0.15) is 11.6 Å². The van der Waals surface area contributed by atoms with Crippen LogP contribution in [-0.4, -0.2) is 0 Å². The molecule has 0 aliphatic heterocycles. The van der Waals surface area contributed by atoms with Gasteiger partial charge in [0, 0.05) is 20.1 Å². The molecule has 0 saturated heterocycles. The van der Waals surface area contributed by atoms with Gasteiger partial charge in [-0.05, 0) is 59.8 Å². The van der Waals surface area contributed by atoms with Crippen LogP contribution in [0.4, 0.5) is 8.78 Å². The Kier molecular flexibility index (Phi) is 4.06. The molecule has 0 saturated carbocycles. The summed E-state index contributed by atoms with van der Waals surface area (Å²) in [5.41, 5.74) is 7.04. The first-order valence-corrected chi connectivity index (χ1v) is 8.02. The lowest BCUT2D eigenvalue weighted by molar-refractivity contribution is 0.621. The van der Waals surface area contributed by atoms with Crippen molar-refractivity contribution in [1.29, 1.82) is 0 Å². The van der Waals surface area contributed by atoms with Gasteiger partial charge in [0.05, 0.1) is 0 Å². The highest BCUT2D eigenvalue weighted by molar-refractivity contribution is 9.10. The maximum atomic E-state index is 13.4. The Bertz CT molecular complexity index is 780. The van der Waals surface area contributed by atoms with Gasteiger partial charge < -0.3 is 5.73 Å². The van der Waals surface area contributed by atoms with Gasteiger partial charge in [0.2, 0.25) is 0 Å². The van der Waals surface area contributed by atoms with Crippen LogP contribution in [0.2, 0.25) is 0 Å². The molecule has 2 N–H and O–H groups in total. The van der Waals surface area contributed by atoms with Gasteiger partial charge in [-0.15, -0.1) is 11.3 Å². The predicted octanol–water partition coefficient (Wildman–Crippen LogP) is 5.18. The lowest BCUT2D eigenvalue weighted by Crippen LogP contribution is -2.11. The lowest BCUT2D eigenvalue weighted by atomic mass is 10.0. The molecule has 108 valence electrons. The Morgan fingerprint density at radius 1 is 1.05 bits per heavy atom. The summed E-state index contributed by atoms with van der Waals surface area (Å²) in [5.74, 6) is -0.542. The highest BCUT2D eigenvalue weighted by Gasteiger charge is 2.12.